The number of hydrogen-bond acceptors (Lipinski definition) is 5. The Kier molecular flexibility index (Phi) is 6.24. The molecule has 0 aliphatic carbocycles. The molecular weight excluding hydrogens is 232 g/mol. The molecule has 0 aromatic carbocycles. The molecule has 0 aliphatic rings. The van der Waals surface area contributed by atoms with Gasteiger partial charge in [-0.05, 0) is 13.1 Å². The second kappa shape index (κ2) is 7.73. The third kappa shape index (κ3) is 4.38. The molecule has 6 heteroatoms. The van der Waals surface area contributed by atoms with Gasteiger partial charge in [0.25, 0.3) is 0 Å². The van der Waals surface area contributed by atoms with Crippen LogP contribution in [0, 0.1) is 0 Å². The maximum atomic E-state index is 10.9. The standard InChI is InChI=1S/C12H20N4O2/c1-3-16(4-2)6-5-13-8-11-10(12(17)18)7-14-9-15-11/h7,9,13H,3-6,8H2,1-2H3,(H,17,18). The second-order valence-electron chi connectivity index (χ2n) is 3.89. The van der Waals surface area contributed by atoms with Crippen LogP contribution in [0.1, 0.15) is 29.9 Å². The van der Waals surface area contributed by atoms with Gasteiger partial charge in [-0.15, -0.1) is 0 Å². The molecule has 0 saturated carbocycles. The lowest BCUT2D eigenvalue weighted by Gasteiger charge is -2.18. The zero-order valence-corrected chi connectivity index (χ0v) is 10.9. The minimum atomic E-state index is -0.990. The quantitative estimate of drug-likeness (QED) is 0.660. The van der Waals surface area contributed by atoms with E-state index in [0.29, 0.717) is 12.2 Å². The monoisotopic (exact) mass is 252 g/mol. The van der Waals surface area contributed by atoms with Gasteiger partial charge in [0.05, 0.1) is 5.69 Å². The van der Waals surface area contributed by atoms with Crippen molar-refractivity contribution in [1.82, 2.24) is 20.2 Å². The van der Waals surface area contributed by atoms with Crippen LogP contribution in [0.5, 0.6) is 0 Å². The molecule has 0 atom stereocenters. The van der Waals surface area contributed by atoms with Crippen molar-refractivity contribution in [1.29, 1.82) is 0 Å². The topological polar surface area (TPSA) is 78.3 Å². The maximum absolute atomic E-state index is 10.9. The lowest BCUT2D eigenvalue weighted by Crippen LogP contribution is -2.32. The molecule has 0 aliphatic heterocycles. The van der Waals surface area contributed by atoms with Gasteiger partial charge in [0, 0.05) is 25.8 Å². The Morgan fingerprint density at radius 1 is 1.44 bits per heavy atom. The molecule has 6 nitrogen and oxygen atoms in total. The summed E-state index contributed by atoms with van der Waals surface area (Å²) in [4.78, 5) is 20.9. The summed E-state index contributed by atoms with van der Waals surface area (Å²) in [7, 11) is 0. The molecule has 1 heterocycles. The number of carboxylic acids is 1. The highest BCUT2D eigenvalue weighted by Gasteiger charge is 2.10. The van der Waals surface area contributed by atoms with Gasteiger partial charge < -0.3 is 15.3 Å². The molecule has 0 amide bonds. The van der Waals surface area contributed by atoms with Crippen LogP contribution in [-0.4, -0.2) is 52.1 Å². The van der Waals surface area contributed by atoms with E-state index in [9.17, 15) is 4.79 Å². The summed E-state index contributed by atoms with van der Waals surface area (Å²) in [6.45, 7) is 8.49. The van der Waals surface area contributed by atoms with Gasteiger partial charge in [-0.25, -0.2) is 14.8 Å². The van der Waals surface area contributed by atoms with Gasteiger partial charge in [-0.2, -0.15) is 0 Å². The summed E-state index contributed by atoms with van der Waals surface area (Å²) in [5, 5.41) is 12.2. The van der Waals surface area contributed by atoms with Crippen LogP contribution in [0.3, 0.4) is 0 Å². The van der Waals surface area contributed by atoms with E-state index in [2.05, 4.69) is 34.0 Å². The van der Waals surface area contributed by atoms with Gasteiger partial charge in [0.15, 0.2) is 0 Å². The van der Waals surface area contributed by atoms with Crippen molar-refractivity contribution in [2.24, 2.45) is 0 Å². The van der Waals surface area contributed by atoms with Gasteiger partial charge >= 0.3 is 5.97 Å². The fourth-order valence-corrected chi connectivity index (χ4v) is 1.66. The molecule has 1 aromatic rings. The van der Waals surface area contributed by atoms with Crippen molar-refractivity contribution in [2.75, 3.05) is 26.2 Å². The molecule has 0 radical (unpaired) electrons. The number of rotatable bonds is 8. The Balaban J connectivity index is 2.42. The van der Waals surface area contributed by atoms with E-state index in [4.69, 9.17) is 5.11 Å². The highest BCUT2D eigenvalue weighted by Crippen LogP contribution is 2.02. The highest BCUT2D eigenvalue weighted by molar-refractivity contribution is 5.88. The molecule has 1 aromatic heterocycles. The first kappa shape index (κ1) is 14.5. The minimum absolute atomic E-state index is 0.160. The van der Waals surface area contributed by atoms with E-state index in [0.717, 1.165) is 26.2 Å². The summed E-state index contributed by atoms with van der Waals surface area (Å²) >= 11 is 0. The van der Waals surface area contributed by atoms with Crippen molar-refractivity contribution in [3.05, 3.63) is 23.8 Å². The van der Waals surface area contributed by atoms with Crippen LogP contribution in [0.15, 0.2) is 12.5 Å². The molecule has 0 spiro atoms. The van der Waals surface area contributed by atoms with E-state index in [1.54, 1.807) is 0 Å². The summed E-state index contributed by atoms with van der Waals surface area (Å²) < 4.78 is 0. The van der Waals surface area contributed by atoms with Crippen LogP contribution in [-0.2, 0) is 6.54 Å². The number of aromatic carboxylic acids is 1. The van der Waals surface area contributed by atoms with E-state index in [1.165, 1.54) is 12.5 Å². The van der Waals surface area contributed by atoms with E-state index in [-0.39, 0.29) is 5.56 Å². The fraction of sp³-hybridized carbons (Fsp3) is 0.583. The number of aromatic nitrogens is 2. The lowest BCUT2D eigenvalue weighted by molar-refractivity contribution is 0.0694. The molecule has 1 rings (SSSR count). The SMILES string of the molecule is CCN(CC)CCNCc1ncncc1C(=O)O. The predicted molar refractivity (Wildman–Crippen MR) is 68.5 cm³/mol. The minimum Gasteiger partial charge on any atom is -0.478 e. The molecule has 0 fully saturated rings. The maximum Gasteiger partial charge on any atom is 0.339 e. The van der Waals surface area contributed by atoms with Gasteiger partial charge in [-0.1, -0.05) is 13.8 Å². The van der Waals surface area contributed by atoms with Crippen molar-refractivity contribution in [3.8, 4) is 0 Å². The van der Waals surface area contributed by atoms with Crippen molar-refractivity contribution >= 4 is 5.97 Å². The van der Waals surface area contributed by atoms with Crippen molar-refractivity contribution in [2.45, 2.75) is 20.4 Å². The first-order valence-electron chi connectivity index (χ1n) is 6.14. The highest BCUT2D eigenvalue weighted by atomic mass is 16.4. The van der Waals surface area contributed by atoms with Gasteiger partial charge in [0.1, 0.15) is 11.9 Å². The van der Waals surface area contributed by atoms with Crippen molar-refractivity contribution in [3.63, 3.8) is 0 Å². The van der Waals surface area contributed by atoms with E-state index < -0.39 is 5.97 Å². The number of carbonyl (C=O) groups is 1. The predicted octanol–water partition coefficient (Wildman–Crippen LogP) is 0.606. The summed E-state index contributed by atoms with van der Waals surface area (Å²) in [6, 6.07) is 0. The van der Waals surface area contributed by atoms with E-state index >= 15 is 0 Å². The zero-order chi connectivity index (χ0) is 13.4. The van der Waals surface area contributed by atoms with Crippen LogP contribution in [0.2, 0.25) is 0 Å². The molecular formula is C12H20N4O2. The first-order valence-corrected chi connectivity index (χ1v) is 6.14. The van der Waals surface area contributed by atoms with Crippen LogP contribution < -0.4 is 5.32 Å². The third-order valence-electron chi connectivity index (χ3n) is 2.82. The average Bonchev–Trinajstić information content (AvgIpc) is 2.39. The number of nitrogens with one attached hydrogen (secondary N) is 1. The molecule has 2 N–H and O–H groups in total. The number of carboxylic acid groups (broad SMARTS) is 1. The van der Waals surface area contributed by atoms with Gasteiger partial charge in [0.2, 0.25) is 0 Å². The van der Waals surface area contributed by atoms with Gasteiger partial charge in [-0.3, -0.25) is 0 Å². The van der Waals surface area contributed by atoms with Crippen LogP contribution >= 0.6 is 0 Å². The molecule has 0 bridgehead atoms. The Hall–Kier alpha value is -1.53. The number of nitrogens with zero attached hydrogens (tertiary/aromatic N) is 3. The summed E-state index contributed by atoms with van der Waals surface area (Å²) in [5.74, 6) is -0.990. The third-order valence-corrected chi connectivity index (χ3v) is 2.82. The normalized spacial score (nSPS) is 10.8. The Bertz CT molecular complexity index is 380. The smallest absolute Gasteiger partial charge is 0.339 e. The first-order chi connectivity index (χ1) is 8.69. The number of hydrogen-bond donors (Lipinski definition) is 2. The fourth-order valence-electron chi connectivity index (χ4n) is 1.66. The molecule has 0 saturated heterocycles. The Labute approximate surface area is 107 Å². The summed E-state index contributed by atoms with van der Waals surface area (Å²) in [6.07, 6.45) is 2.70. The lowest BCUT2D eigenvalue weighted by atomic mass is 10.2. The molecule has 18 heavy (non-hydrogen) atoms. The largest absolute Gasteiger partial charge is 0.478 e. The Morgan fingerprint density at radius 2 is 2.17 bits per heavy atom. The van der Waals surface area contributed by atoms with Crippen LogP contribution in [0.4, 0.5) is 0 Å². The van der Waals surface area contributed by atoms with Crippen LogP contribution in [0.25, 0.3) is 0 Å². The number of likely N-dealkylation sites (N-methyl/N-ethyl adjacent to an activating group) is 1. The molecule has 0 unspecified atom stereocenters. The molecule has 100 valence electrons. The van der Waals surface area contributed by atoms with Crippen molar-refractivity contribution < 1.29 is 9.90 Å². The second-order valence-corrected chi connectivity index (χ2v) is 3.89. The average molecular weight is 252 g/mol. The zero-order valence-electron chi connectivity index (χ0n) is 10.9. The summed E-state index contributed by atoms with van der Waals surface area (Å²) in [5.41, 5.74) is 0.685. The Morgan fingerprint density at radius 3 is 2.78 bits per heavy atom. The van der Waals surface area contributed by atoms with E-state index in [1.807, 2.05) is 0 Å².